The Morgan fingerprint density at radius 1 is 1.30 bits per heavy atom. The summed E-state index contributed by atoms with van der Waals surface area (Å²) in [5.74, 6) is 0.637. The molecule has 1 aromatic heterocycles. The van der Waals surface area contributed by atoms with Gasteiger partial charge in [0.05, 0.1) is 22.3 Å². The normalized spacial score (nSPS) is 10.1. The van der Waals surface area contributed by atoms with Gasteiger partial charge in [-0.3, -0.25) is 0 Å². The number of aromatic nitrogens is 2. The Bertz CT molecular complexity index is 665. The first-order valence-corrected chi connectivity index (χ1v) is 6.87. The number of halogens is 2. The van der Waals surface area contributed by atoms with E-state index in [1.807, 2.05) is 6.07 Å². The minimum absolute atomic E-state index is 0.439. The Morgan fingerprint density at radius 2 is 2.10 bits per heavy atom. The summed E-state index contributed by atoms with van der Waals surface area (Å²) in [5.41, 5.74) is 2.05. The van der Waals surface area contributed by atoms with Crippen LogP contribution in [0.25, 0.3) is 0 Å². The van der Waals surface area contributed by atoms with Gasteiger partial charge in [-0.15, -0.1) is 0 Å². The SMILES string of the molecule is CCCc1c(Cl)ncnc1Nc1ccc(C#N)cc1Cl. The highest BCUT2D eigenvalue weighted by Crippen LogP contribution is 2.29. The van der Waals surface area contributed by atoms with Crippen molar-refractivity contribution in [1.29, 1.82) is 5.26 Å². The fraction of sp³-hybridized carbons (Fsp3) is 0.214. The van der Waals surface area contributed by atoms with E-state index in [1.165, 1.54) is 6.33 Å². The van der Waals surface area contributed by atoms with Gasteiger partial charge in [0, 0.05) is 5.56 Å². The van der Waals surface area contributed by atoms with Crippen LogP contribution in [0.1, 0.15) is 24.5 Å². The van der Waals surface area contributed by atoms with Gasteiger partial charge in [0.2, 0.25) is 0 Å². The van der Waals surface area contributed by atoms with Crippen LogP contribution in [-0.4, -0.2) is 9.97 Å². The molecule has 0 spiro atoms. The quantitative estimate of drug-likeness (QED) is 0.853. The van der Waals surface area contributed by atoms with Crippen molar-refractivity contribution in [3.8, 4) is 6.07 Å². The number of nitriles is 1. The third-order valence-corrected chi connectivity index (χ3v) is 3.38. The molecular formula is C14H12Cl2N4. The predicted octanol–water partition coefficient (Wildman–Crippen LogP) is 4.35. The van der Waals surface area contributed by atoms with E-state index in [1.54, 1.807) is 18.2 Å². The molecule has 1 aromatic carbocycles. The Kier molecular flexibility index (Phi) is 4.78. The minimum atomic E-state index is 0.439. The lowest BCUT2D eigenvalue weighted by Gasteiger charge is -2.12. The van der Waals surface area contributed by atoms with E-state index in [0.717, 1.165) is 18.4 Å². The van der Waals surface area contributed by atoms with Crippen molar-refractivity contribution in [1.82, 2.24) is 9.97 Å². The van der Waals surface area contributed by atoms with Gasteiger partial charge in [-0.1, -0.05) is 36.5 Å². The summed E-state index contributed by atoms with van der Waals surface area (Å²) in [4.78, 5) is 8.19. The first kappa shape index (κ1) is 14.6. The van der Waals surface area contributed by atoms with Crippen LogP contribution in [-0.2, 0) is 6.42 Å². The lowest BCUT2D eigenvalue weighted by Crippen LogP contribution is -2.02. The molecule has 102 valence electrons. The number of hydrogen-bond donors (Lipinski definition) is 1. The summed E-state index contributed by atoms with van der Waals surface area (Å²) >= 11 is 12.2. The standard InChI is InChI=1S/C14H12Cl2N4/c1-2-3-10-13(16)18-8-19-14(10)20-12-5-4-9(7-17)6-11(12)15/h4-6,8H,2-3H2,1H3,(H,18,19,20). The Hall–Kier alpha value is -1.83. The predicted molar refractivity (Wildman–Crippen MR) is 80.5 cm³/mol. The van der Waals surface area contributed by atoms with E-state index in [9.17, 15) is 0 Å². The molecular weight excluding hydrogens is 295 g/mol. The minimum Gasteiger partial charge on any atom is -0.339 e. The van der Waals surface area contributed by atoms with Crippen molar-refractivity contribution < 1.29 is 0 Å². The fourth-order valence-electron chi connectivity index (χ4n) is 1.78. The largest absolute Gasteiger partial charge is 0.339 e. The molecule has 0 radical (unpaired) electrons. The van der Waals surface area contributed by atoms with Gasteiger partial charge in [-0.2, -0.15) is 5.26 Å². The molecule has 0 saturated carbocycles. The monoisotopic (exact) mass is 306 g/mol. The lowest BCUT2D eigenvalue weighted by molar-refractivity contribution is 0.904. The number of hydrogen-bond acceptors (Lipinski definition) is 4. The number of anilines is 2. The van der Waals surface area contributed by atoms with Crippen molar-refractivity contribution >= 4 is 34.7 Å². The molecule has 0 bridgehead atoms. The molecule has 1 N–H and O–H groups in total. The van der Waals surface area contributed by atoms with Crippen LogP contribution in [0.4, 0.5) is 11.5 Å². The molecule has 6 heteroatoms. The van der Waals surface area contributed by atoms with Crippen molar-refractivity contribution in [2.75, 3.05) is 5.32 Å². The molecule has 1 heterocycles. The topological polar surface area (TPSA) is 61.6 Å². The van der Waals surface area contributed by atoms with Crippen LogP contribution < -0.4 is 5.32 Å². The summed E-state index contributed by atoms with van der Waals surface area (Å²) < 4.78 is 0. The zero-order valence-electron chi connectivity index (χ0n) is 10.8. The summed E-state index contributed by atoms with van der Waals surface area (Å²) in [5, 5.41) is 12.9. The van der Waals surface area contributed by atoms with E-state index in [2.05, 4.69) is 22.2 Å². The Morgan fingerprint density at radius 3 is 2.75 bits per heavy atom. The fourth-order valence-corrected chi connectivity index (χ4v) is 2.24. The highest BCUT2D eigenvalue weighted by Gasteiger charge is 2.11. The van der Waals surface area contributed by atoms with Crippen molar-refractivity contribution in [2.24, 2.45) is 0 Å². The molecule has 2 aromatic rings. The van der Waals surface area contributed by atoms with Crippen molar-refractivity contribution in [3.05, 3.63) is 45.8 Å². The maximum atomic E-state index is 8.83. The molecule has 4 nitrogen and oxygen atoms in total. The van der Waals surface area contributed by atoms with E-state index < -0.39 is 0 Å². The molecule has 0 aliphatic carbocycles. The lowest BCUT2D eigenvalue weighted by atomic mass is 10.1. The number of rotatable bonds is 4. The number of nitrogens with one attached hydrogen (secondary N) is 1. The summed E-state index contributed by atoms with van der Waals surface area (Å²) in [6.07, 6.45) is 3.11. The summed E-state index contributed by atoms with van der Waals surface area (Å²) in [6.45, 7) is 2.06. The van der Waals surface area contributed by atoms with Gasteiger partial charge < -0.3 is 5.32 Å². The van der Waals surface area contributed by atoms with Gasteiger partial charge in [-0.05, 0) is 24.6 Å². The number of nitrogens with zero attached hydrogens (tertiary/aromatic N) is 3. The zero-order chi connectivity index (χ0) is 14.5. The van der Waals surface area contributed by atoms with Gasteiger partial charge in [0.15, 0.2) is 0 Å². The second-order valence-electron chi connectivity index (χ2n) is 4.17. The van der Waals surface area contributed by atoms with Gasteiger partial charge in [0.25, 0.3) is 0 Å². The molecule has 2 rings (SSSR count). The van der Waals surface area contributed by atoms with Crippen molar-refractivity contribution in [3.63, 3.8) is 0 Å². The Balaban J connectivity index is 2.35. The highest BCUT2D eigenvalue weighted by atomic mass is 35.5. The summed E-state index contributed by atoms with van der Waals surface area (Å²) in [6, 6.07) is 7.08. The van der Waals surface area contributed by atoms with Crippen LogP contribution in [0.3, 0.4) is 0 Å². The van der Waals surface area contributed by atoms with Crippen LogP contribution >= 0.6 is 23.2 Å². The molecule has 0 fully saturated rings. The first-order valence-electron chi connectivity index (χ1n) is 6.11. The molecule has 0 aliphatic heterocycles. The smallest absolute Gasteiger partial charge is 0.138 e. The van der Waals surface area contributed by atoms with Crippen LogP contribution in [0.15, 0.2) is 24.5 Å². The van der Waals surface area contributed by atoms with Crippen LogP contribution in [0, 0.1) is 11.3 Å². The van der Waals surface area contributed by atoms with E-state index in [-0.39, 0.29) is 0 Å². The zero-order valence-corrected chi connectivity index (χ0v) is 12.3. The molecule has 20 heavy (non-hydrogen) atoms. The first-order chi connectivity index (χ1) is 9.65. The molecule has 0 aliphatic rings. The molecule has 0 atom stereocenters. The number of benzene rings is 1. The van der Waals surface area contributed by atoms with E-state index >= 15 is 0 Å². The molecule has 0 amide bonds. The second kappa shape index (κ2) is 6.56. The second-order valence-corrected chi connectivity index (χ2v) is 4.94. The van der Waals surface area contributed by atoms with E-state index in [0.29, 0.717) is 27.2 Å². The summed E-state index contributed by atoms with van der Waals surface area (Å²) in [7, 11) is 0. The van der Waals surface area contributed by atoms with Crippen molar-refractivity contribution in [2.45, 2.75) is 19.8 Å². The van der Waals surface area contributed by atoms with Gasteiger partial charge in [0.1, 0.15) is 17.3 Å². The van der Waals surface area contributed by atoms with Crippen LogP contribution in [0.2, 0.25) is 10.2 Å². The molecule has 0 saturated heterocycles. The third-order valence-electron chi connectivity index (χ3n) is 2.74. The van der Waals surface area contributed by atoms with Crippen LogP contribution in [0.5, 0.6) is 0 Å². The maximum Gasteiger partial charge on any atom is 0.138 e. The Labute approximate surface area is 127 Å². The third kappa shape index (κ3) is 3.19. The average Bonchev–Trinajstić information content (AvgIpc) is 2.44. The average molecular weight is 307 g/mol. The maximum absolute atomic E-state index is 8.83. The van der Waals surface area contributed by atoms with Gasteiger partial charge >= 0.3 is 0 Å². The highest BCUT2D eigenvalue weighted by molar-refractivity contribution is 6.33. The van der Waals surface area contributed by atoms with E-state index in [4.69, 9.17) is 28.5 Å². The van der Waals surface area contributed by atoms with Gasteiger partial charge in [-0.25, -0.2) is 9.97 Å². The molecule has 0 unspecified atom stereocenters.